The van der Waals surface area contributed by atoms with E-state index in [9.17, 15) is 0 Å². The summed E-state index contributed by atoms with van der Waals surface area (Å²) in [5.74, 6) is 0.607. The van der Waals surface area contributed by atoms with Crippen LogP contribution < -0.4 is 5.32 Å². The first-order valence-corrected chi connectivity index (χ1v) is 4.48. The molecule has 5 nitrogen and oxygen atoms in total. The normalized spacial score (nSPS) is 9.53. The first kappa shape index (κ1) is 9.21. The Balaban J connectivity index is 2.15. The molecule has 0 spiro atoms. The van der Waals surface area contributed by atoms with Crippen LogP contribution in [0.25, 0.3) is 11.3 Å². The van der Waals surface area contributed by atoms with Crippen LogP contribution in [0.5, 0.6) is 0 Å². The molecule has 2 aromatic heterocycles. The van der Waals surface area contributed by atoms with Gasteiger partial charge in [-0.3, -0.25) is 0 Å². The molecular weight excluding hydrogens is 190 g/mol. The number of nitrogens with one attached hydrogen (secondary N) is 2. The van der Waals surface area contributed by atoms with E-state index in [1.54, 1.807) is 6.07 Å². The van der Waals surface area contributed by atoms with E-state index < -0.39 is 0 Å². The minimum Gasteiger partial charge on any atom is -0.367 e. The lowest BCUT2D eigenvalue weighted by atomic mass is 10.2. The van der Waals surface area contributed by atoms with Crippen molar-refractivity contribution in [3.8, 4) is 17.3 Å². The third-order valence-electron chi connectivity index (χ3n) is 1.91. The van der Waals surface area contributed by atoms with Gasteiger partial charge < -0.3 is 10.3 Å². The zero-order valence-corrected chi connectivity index (χ0v) is 7.94. The molecule has 0 aliphatic rings. The quantitative estimate of drug-likeness (QED) is 0.732. The smallest absolute Gasteiger partial charge is 0.149 e. The Morgan fingerprint density at radius 3 is 2.87 bits per heavy atom. The number of aromatic amines is 1. The molecule has 0 unspecified atom stereocenters. The van der Waals surface area contributed by atoms with Crippen LogP contribution >= 0.6 is 0 Å². The van der Waals surface area contributed by atoms with Gasteiger partial charge in [0, 0.05) is 18.0 Å². The Hall–Kier alpha value is -2.35. The average molecular weight is 199 g/mol. The first-order chi connectivity index (χ1) is 7.40. The van der Waals surface area contributed by atoms with Crippen molar-refractivity contribution in [3.63, 3.8) is 0 Å². The number of nitrogens with zero attached hydrogens (tertiary/aromatic N) is 3. The number of hydrogen-bond acceptors (Lipinski definition) is 4. The highest BCUT2D eigenvalue weighted by molar-refractivity contribution is 5.58. The van der Waals surface area contributed by atoms with E-state index in [0.717, 1.165) is 11.3 Å². The molecular formula is C10H9N5. The van der Waals surface area contributed by atoms with E-state index in [1.165, 1.54) is 0 Å². The number of rotatable bonds is 3. The fourth-order valence-electron chi connectivity index (χ4n) is 1.19. The van der Waals surface area contributed by atoms with Crippen molar-refractivity contribution in [3.05, 3.63) is 30.6 Å². The van der Waals surface area contributed by atoms with Crippen molar-refractivity contribution >= 4 is 5.82 Å². The molecule has 0 aromatic carbocycles. The molecule has 0 aliphatic carbocycles. The van der Waals surface area contributed by atoms with Gasteiger partial charge in [-0.15, -0.1) is 10.2 Å². The molecule has 2 N–H and O–H groups in total. The predicted octanol–water partition coefficient (Wildman–Crippen LogP) is 1.41. The molecule has 2 heterocycles. The Labute approximate surface area is 86.8 Å². The second kappa shape index (κ2) is 4.24. The summed E-state index contributed by atoms with van der Waals surface area (Å²) in [6.45, 7) is 0.234. The van der Waals surface area contributed by atoms with Crippen molar-refractivity contribution in [1.29, 1.82) is 5.26 Å². The Kier molecular flexibility index (Phi) is 2.61. The monoisotopic (exact) mass is 199 g/mol. The second-order valence-electron chi connectivity index (χ2n) is 2.92. The van der Waals surface area contributed by atoms with Crippen LogP contribution in [-0.4, -0.2) is 21.7 Å². The molecule has 0 atom stereocenters. The van der Waals surface area contributed by atoms with Gasteiger partial charge in [0.05, 0.1) is 11.8 Å². The summed E-state index contributed by atoms with van der Waals surface area (Å²) in [6.07, 6.45) is 3.69. The van der Waals surface area contributed by atoms with Crippen molar-refractivity contribution in [1.82, 2.24) is 15.2 Å². The predicted molar refractivity (Wildman–Crippen MR) is 55.9 cm³/mol. The number of H-pyrrole nitrogens is 1. The highest BCUT2D eigenvalue weighted by Crippen LogP contribution is 2.15. The van der Waals surface area contributed by atoms with Gasteiger partial charge in [-0.2, -0.15) is 5.26 Å². The lowest BCUT2D eigenvalue weighted by Crippen LogP contribution is -2.01. The third kappa shape index (κ3) is 2.11. The van der Waals surface area contributed by atoms with Gasteiger partial charge >= 0.3 is 0 Å². The average Bonchev–Trinajstić information content (AvgIpc) is 2.80. The van der Waals surface area contributed by atoms with Crippen molar-refractivity contribution in [2.45, 2.75) is 0 Å². The Bertz CT molecular complexity index is 452. The molecule has 2 aromatic rings. The number of anilines is 1. The highest BCUT2D eigenvalue weighted by Gasteiger charge is 2.00. The number of hydrogen-bond donors (Lipinski definition) is 2. The largest absolute Gasteiger partial charge is 0.367 e. The van der Waals surface area contributed by atoms with Crippen LogP contribution in [0.15, 0.2) is 30.6 Å². The minimum absolute atomic E-state index is 0.234. The SMILES string of the molecule is N#CCNc1ccc(-c2cc[nH]c2)nn1. The fraction of sp³-hybridized carbons (Fsp3) is 0.100. The summed E-state index contributed by atoms with van der Waals surface area (Å²) in [6, 6.07) is 7.55. The summed E-state index contributed by atoms with van der Waals surface area (Å²) >= 11 is 0. The van der Waals surface area contributed by atoms with E-state index in [0.29, 0.717) is 5.82 Å². The molecule has 15 heavy (non-hydrogen) atoms. The maximum Gasteiger partial charge on any atom is 0.149 e. The zero-order valence-electron chi connectivity index (χ0n) is 7.94. The molecule has 0 radical (unpaired) electrons. The van der Waals surface area contributed by atoms with Gasteiger partial charge in [0.1, 0.15) is 12.4 Å². The van der Waals surface area contributed by atoms with Crippen molar-refractivity contribution < 1.29 is 0 Å². The Morgan fingerprint density at radius 1 is 1.33 bits per heavy atom. The highest BCUT2D eigenvalue weighted by atomic mass is 15.2. The van der Waals surface area contributed by atoms with Gasteiger partial charge in [0.25, 0.3) is 0 Å². The number of aromatic nitrogens is 3. The molecule has 0 amide bonds. The van der Waals surface area contributed by atoms with Crippen LogP contribution in [0.3, 0.4) is 0 Å². The lowest BCUT2D eigenvalue weighted by molar-refractivity contribution is 1.03. The van der Waals surface area contributed by atoms with E-state index in [-0.39, 0.29) is 6.54 Å². The van der Waals surface area contributed by atoms with E-state index >= 15 is 0 Å². The number of nitriles is 1. The van der Waals surface area contributed by atoms with Crippen LogP contribution in [-0.2, 0) is 0 Å². The van der Waals surface area contributed by atoms with E-state index in [2.05, 4.69) is 20.5 Å². The third-order valence-corrected chi connectivity index (χ3v) is 1.91. The van der Waals surface area contributed by atoms with Gasteiger partial charge in [-0.25, -0.2) is 0 Å². The van der Waals surface area contributed by atoms with Crippen molar-refractivity contribution in [2.24, 2.45) is 0 Å². The molecule has 0 saturated carbocycles. The molecule has 5 heteroatoms. The summed E-state index contributed by atoms with van der Waals surface area (Å²) < 4.78 is 0. The van der Waals surface area contributed by atoms with Crippen LogP contribution in [0, 0.1) is 11.3 Å². The van der Waals surface area contributed by atoms with Crippen LogP contribution in [0.4, 0.5) is 5.82 Å². The zero-order chi connectivity index (χ0) is 10.5. The summed E-state index contributed by atoms with van der Waals surface area (Å²) in [5.41, 5.74) is 1.80. The fourth-order valence-corrected chi connectivity index (χ4v) is 1.19. The van der Waals surface area contributed by atoms with Crippen LogP contribution in [0.1, 0.15) is 0 Å². The van der Waals surface area contributed by atoms with Gasteiger partial charge in [-0.05, 0) is 18.2 Å². The molecule has 0 fully saturated rings. The van der Waals surface area contributed by atoms with E-state index in [4.69, 9.17) is 5.26 Å². The van der Waals surface area contributed by atoms with E-state index in [1.807, 2.05) is 30.6 Å². The molecule has 0 saturated heterocycles. The second-order valence-corrected chi connectivity index (χ2v) is 2.92. The summed E-state index contributed by atoms with van der Waals surface area (Å²) in [5, 5.41) is 19.2. The summed E-state index contributed by atoms with van der Waals surface area (Å²) in [4.78, 5) is 2.95. The summed E-state index contributed by atoms with van der Waals surface area (Å²) in [7, 11) is 0. The lowest BCUT2D eigenvalue weighted by Gasteiger charge is -2.00. The maximum absolute atomic E-state index is 8.37. The van der Waals surface area contributed by atoms with Gasteiger partial charge in [-0.1, -0.05) is 0 Å². The molecule has 0 bridgehead atoms. The topological polar surface area (TPSA) is 77.4 Å². The molecule has 74 valence electrons. The first-order valence-electron chi connectivity index (χ1n) is 4.48. The standard InChI is InChI=1S/C10H9N5/c11-4-6-13-10-2-1-9(14-15-10)8-3-5-12-7-8/h1-3,5,7,12H,6H2,(H,13,15). The molecule has 0 aliphatic heterocycles. The Morgan fingerprint density at radius 2 is 2.27 bits per heavy atom. The van der Waals surface area contributed by atoms with Crippen LogP contribution in [0.2, 0.25) is 0 Å². The molecule has 2 rings (SSSR count). The van der Waals surface area contributed by atoms with Gasteiger partial charge in [0.2, 0.25) is 0 Å². The maximum atomic E-state index is 8.37. The van der Waals surface area contributed by atoms with Crippen molar-refractivity contribution in [2.75, 3.05) is 11.9 Å². The minimum atomic E-state index is 0.234. The van der Waals surface area contributed by atoms with Gasteiger partial charge in [0.15, 0.2) is 0 Å².